The topological polar surface area (TPSA) is 53.1 Å². The van der Waals surface area contributed by atoms with Crippen molar-refractivity contribution in [2.75, 3.05) is 29.6 Å². The molecule has 1 fully saturated rings. The van der Waals surface area contributed by atoms with Gasteiger partial charge in [0.2, 0.25) is 0 Å². The third-order valence-electron chi connectivity index (χ3n) is 3.23. The highest BCUT2D eigenvalue weighted by Gasteiger charge is 2.21. The number of rotatable bonds is 5. The van der Waals surface area contributed by atoms with Crippen molar-refractivity contribution in [3.63, 3.8) is 0 Å². The molecule has 1 aromatic carbocycles. The fourth-order valence-corrected chi connectivity index (χ4v) is 1.95. The Morgan fingerprint density at radius 1 is 1.10 bits per heavy atom. The molecule has 5 nitrogen and oxygen atoms in total. The first-order valence-corrected chi connectivity index (χ1v) is 6.84. The van der Waals surface area contributed by atoms with E-state index in [1.54, 1.807) is 6.33 Å². The predicted octanol–water partition coefficient (Wildman–Crippen LogP) is 2.86. The van der Waals surface area contributed by atoms with Gasteiger partial charge in [-0.25, -0.2) is 9.97 Å². The second kappa shape index (κ2) is 5.36. The number of hydrogen-bond acceptors (Lipinski definition) is 5. The zero-order valence-corrected chi connectivity index (χ0v) is 11.8. The summed E-state index contributed by atoms with van der Waals surface area (Å²) in [6.45, 7) is 0. The second-order valence-corrected chi connectivity index (χ2v) is 5.28. The Bertz CT molecular complexity index is 592. The lowest BCUT2D eigenvalue weighted by atomic mass is 10.2. The van der Waals surface area contributed by atoms with Gasteiger partial charge in [-0.1, -0.05) is 6.07 Å². The summed E-state index contributed by atoms with van der Waals surface area (Å²) in [5.74, 6) is 1.69. The van der Waals surface area contributed by atoms with Crippen LogP contribution in [-0.4, -0.2) is 30.1 Å². The van der Waals surface area contributed by atoms with Crippen LogP contribution in [0.25, 0.3) is 0 Å². The standard InChI is InChI=1S/C15H19N5/c1-20(2)13-5-3-4-12(8-13)19-15-9-14(16-10-17-15)18-11-6-7-11/h3-5,8-11H,6-7H2,1-2H3,(H2,16,17,18,19). The van der Waals surface area contributed by atoms with Crippen molar-refractivity contribution >= 4 is 23.0 Å². The van der Waals surface area contributed by atoms with E-state index in [-0.39, 0.29) is 0 Å². The monoisotopic (exact) mass is 269 g/mol. The summed E-state index contributed by atoms with van der Waals surface area (Å²) < 4.78 is 0. The minimum atomic E-state index is 0.592. The van der Waals surface area contributed by atoms with E-state index in [1.165, 1.54) is 12.8 Å². The quantitative estimate of drug-likeness (QED) is 0.874. The molecule has 0 saturated heterocycles. The maximum absolute atomic E-state index is 4.26. The van der Waals surface area contributed by atoms with Gasteiger partial charge in [-0.3, -0.25) is 0 Å². The van der Waals surface area contributed by atoms with Gasteiger partial charge in [0.05, 0.1) is 0 Å². The third-order valence-corrected chi connectivity index (χ3v) is 3.23. The average Bonchev–Trinajstić information content (AvgIpc) is 3.23. The predicted molar refractivity (Wildman–Crippen MR) is 82.7 cm³/mol. The Balaban J connectivity index is 1.74. The SMILES string of the molecule is CN(C)c1cccc(Nc2cc(NC3CC3)ncn2)c1. The van der Waals surface area contributed by atoms with E-state index in [1.807, 2.05) is 32.3 Å². The molecule has 1 aliphatic carbocycles. The van der Waals surface area contributed by atoms with Gasteiger partial charge in [0.25, 0.3) is 0 Å². The molecule has 0 unspecified atom stereocenters. The minimum absolute atomic E-state index is 0.592. The highest BCUT2D eigenvalue weighted by Crippen LogP contribution is 2.25. The minimum Gasteiger partial charge on any atom is -0.378 e. The molecule has 1 aromatic heterocycles. The van der Waals surface area contributed by atoms with Crippen LogP contribution in [0.5, 0.6) is 0 Å². The van der Waals surface area contributed by atoms with Crippen molar-refractivity contribution in [3.05, 3.63) is 36.7 Å². The summed E-state index contributed by atoms with van der Waals surface area (Å²) in [6, 6.07) is 10.8. The van der Waals surface area contributed by atoms with Crippen LogP contribution >= 0.6 is 0 Å². The first-order valence-electron chi connectivity index (χ1n) is 6.84. The molecule has 0 atom stereocenters. The number of hydrogen-bond donors (Lipinski definition) is 2. The van der Waals surface area contributed by atoms with Crippen LogP contribution in [0, 0.1) is 0 Å². The fourth-order valence-electron chi connectivity index (χ4n) is 1.95. The van der Waals surface area contributed by atoms with E-state index < -0.39 is 0 Å². The van der Waals surface area contributed by atoms with E-state index in [0.29, 0.717) is 6.04 Å². The summed E-state index contributed by atoms with van der Waals surface area (Å²) in [6.07, 6.45) is 4.05. The zero-order valence-electron chi connectivity index (χ0n) is 11.8. The van der Waals surface area contributed by atoms with Crippen molar-refractivity contribution in [1.29, 1.82) is 0 Å². The molecule has 5 heteroatoms. The molecule has 1 heterocycles. The maximum atomic E-state index is 4.26. The fraction of sp³-hybridized carbons (Fsp3) is 0.333. The molecule has 0 aliphatic heterocycles. The smallest absolute Gasteiger partial charge is 0.135 e. The van der Waals surface area contributed by atoms with Gasteiger partial charge >= 0.3 is 0 Å². The largest absolute Gasteiger partial charge is 0.378 e. The molecule has 2 aromatic rings. The molecule has 0 amide bonds. The van der Waals surface area contributed by atoms with Crippen molar-refractivity contribution in [1.82, 2.24) is 9.97 Å². The van der Waals surface area contributed by atoms with Gasteiger partial charge in [-0.15, -0.1) is 0 Å². The van der Waals surface area contributed by atoms with Crippen molar-refractivity contribution < 1.29 is 0 Å². The molecule has 0 bridgehead atoms. The van der Waals surface area contributed by atoms with Crippen LogP contribution in [0.15, 0.2) is 36.7 Å². The maximum Gasteiger partial charge on any atom is 0.135 e. The van der Waals surface area contributed by atoms with Crippen LogP contribution in [0.4, 0.5) is 23.0 Å². The van der Waals surface area contributed by atoms with Crippen LogP contribution in [0.3, 0.4) is 0 Å². The van der Waals surface area contributed by atoms with Crippen LogP contribution in [-0.2, 0) is 0 Å². The van der Waals surface area contributed by atoms with E-state index in [2.05, 4.69) is 37.6 Å². The Morgan fingerprint density at radius 2 is 1.90 bits per heavy atom. The molecule has 0 spiro atoms. The number of nitrogens with one attached hydrogen (secondary N) is 2. The van der Waals surface area contributed by atoms with Crippen molar-refractivity contribution in [2.45, 2.75) is 18.9 Å². The molecule has 104 valence electrons. The Kier molecular flexibility index (Phi) is 3.41. The molecule has 1 saturated carbocycles. The second-order valence-electron chi connectivity index (χ2n) is 5.28. The molecule has 3 rings (SSSR count). The van der Waals surface area contributed by atoms with Crippen LogP contribution < -0.4 is 15.5 Å². The van der Waals surface area contributed by atoms with E-state index >= 15 is 0 Å². The first kappa shape index (κ1) is 12.7. The number of nitrogens with zero attached hydrogens (tertiary/aromatic N) is 3. The summed E-state index contributed by atoms with van der Waals surface area (Å²) in [5.41, 5.74) is 2.17. The lowest BCUT2D eigenvalue weighted by Crippen LogP contribution is -2.08. The normalized spacial score (nSPS) is 13.9. The van der Waals surface area contributed by atoms with Crippen molar-refractivity contribution in [3.8, 4) is 0 Å². The lowest BCUT2D eigenvalue weighted by molar-refractivity contribution is 1.08. The van der Waals surface area contributed by atoms with Gasteiger partial charge in [0.15, 0.2) is 0 Å². The highest BCUT2D eigenvalue weighted by molar-refractivity contribution is 5.64. The van der Waals surface area contributed by atoms with Gasteiger partial charge in [-0.2, -0.15) is 0 Å². The highest BCUT2D eigenvalue weighted by atomic mass is 15.1. The summed E-state index contributed by atoms with van der Waals surface area (Å²) in [7, 11) is 4.06. The Hall–Kier alpha value is -2.30. The summed E-state index contributed by atoms with van der Waals surface area (Å²) in [4.78, 5) is 10.6. The molecular formula is C15H19N5. The zero-order chi connectivity index (χ0) is 13.9. The summed E-state index contributed by atoms with van der Waals surface area (Å²) in [5, 5.41) is 6.69. The van der Waals surface area contributed by atoms with Gasteiger partial charge < -0.3 is 15.5 Å². The van der Waals surface area contributed by atoms with Gasteiger partial charge in [0, 0.05) is 37.6 Å². The van der Waals surface area contributed by atoms with Gasteiger partial charge in [0.1, 0.15) is 18.0 Å². The van der Waals surface area contributed by atoms with E-state index in [0.717, 1.165) is 23.0 Å². The molecule has 0 radical (unpaired) electrons. The first-order chi connectivity index (χ1) is 9.70. The number of aromatic nitrogens is 2. The van der Waals surface area contributed by atoms with E-state index in [4.69, 9.17) is 0 Å². The lowest BCUT2D eigenvalue weighted by Gasteiger charge is -2.14. The van der Waals surface area contributed by atoms with E-state index in [9.17, 15) is 0 Å². The Labute approximate surface area is 119 Å². The van der Waals surface area contributed by atoms with Crippen molar-refractivity contribution in [2.24, 2.45) is 0 Å². The van der Waals surface area contributed by atoms with Gasteiger partial charge in [-0.05, 0) is 31.0 Å². The van der Waals surface area contributed by atoms with Crippen LogP contribution in [0.2, 0.25) is 0 Å². The average molecular weight is 269 g/mol. The van der Waals surface area contributed by atoms with Crippen LogP contribution in [0.1, 0.15) is 12.8 Å². The number of anilines is 4. The summed E-state index contributed by atoms with van der Waals surface area (Å²) >= 11 is 0. The Morgan fingerprint density at radius 3 is 2.65 bits per heavy atom. The third kappa shape index (κ3) is 3.17. The molecular weight excluding hydrogens is 250 g/mol. The number of benzene rings is 1. The molecule has 1 aliphatic rings. The molecule has 2 N–H and O–H groups in total. The molecule has 20 heavy (non-hydrogen) atoms.